The zero-order chi connectivity index (χ0) is 26.9. The second-order valence-electron chi connectivity index (χ2n) is 10.3. The highest BCUT2D eigenvalue weighted by Gasteiger charge is 2.37. The van der Waals surface area contributed by atoms with Gasteiger partial charge in [-0.05, 0) is 53.5 Å². The molecule has 1 fully saturated rings. The highest BCUT2D eigenvalue weighted by molar-refractivity contribution is 8.00. The third-order valence-corrected chi connectivity index (χ3v) is 8.01. The number of piperidine rings is 1. The first-order chi connectivity index (χ1) is 17.5. The Morgan fingerprint density at radius 2 is 2.03 bits per heavy atom. The molecule has 200 valence electrons. The number of aliphatic carboxylic acids is 1. The molecule has 9 nitrogen and oxygen atoms in total. The smallest absolute Gasteiger partial charge is 0.323 e. The van der Waals surface area contributed by atoms with Gasteiger partial charge in [0.15, 0.2) is 5.84 Å². The Kier molecular flexibility index (Phi) is 7.94. The molecule has 2 aliphatic rings. The van der Waals surface area contributed by atoms with Gasteiger partial charge < -0.3 is 19.7 Å². The Morgan fingerprint density at radius 1 is 1.32 bits per heavy atom. The summed E-state index contributed by atoms with van der Waals surface area (Å²) in [4.78, 5) is 23.3. The monoisotopic (exact) mass is 530 g/mol. The van der Waals surface area contributed by atoms with Crippen LogP contribution in [0, 0.1) is 11.2 Å². The Labute approximate surface area is 221 Å². The number of carboxylic acid groups (broad SMARTS) is 1. The summed E-state index contributed by atoms with van der Waals surface area (Å²) >= 11 is 1.49. The van der Waals surface area contributed by atoms with Gasteiger partial charge in [0.25, 0.3) is 0 Å². The molecular formula is C26H35FN6O3S. The molecule has 0 saturated carbocycles. The number of aromatic nitrogens is 2. The number of hydrogen-bond donors (Lipinski definition) is 3. The summed E-state index contributed by atoms with van der Waals surface area (Å²) in [5.41, 5.74) is 0.419. The van der Waals surface area contributed by atoms with Crippen LogP contribution in [0.1, 0.15) is 53.2 Å². The molecule has 1 aromatic carbocycles. The molecule has 1 saturated heterocycles. The largest absolute Gasteiger partial charge is 0.491 e. The first-order valence-corrected chi connectivity index (χ1v) is 13.4. The summed E-state index contributed by atoms with van der Waals surface area (Å²) in [7, 11) is 0. The van der Waals surface area contributed by atoms with E-state index in [-0.39, 0.29) is 22.9 Å². The molecule has 0 amide bonds. The lowest BCUT2D eigenvalue weighted by Crippen LogP contribution is -2.53. The second-order valence-corrected chi connectivity index (χ2v) is 11.6. The zero-order valence-corrected chi connectivity index (χ0v) is 22.8. The van der Waals surface area contributed by atoms with Crippen molar-refractivity contribution in [3.8, 4) is 17.1 Å². The normalized spacial score (nSPS) is 17.1. The van der Waals surface area contributed by atoms with Crippen LogP contribution < -0.4 is 10.1 Å². The number of carboxylic acids is 1. The van der Waals surface area contributed by atoms with Crippen molar-refractivity contribution in [1.82, 2.24) is 19.8 Å². The van der Waals surface area contributed by atoms with Gasteiger partial charge in [0, 0.05) is 41.5 Å². The number of carbonyl (C=O) groups is 1. The van der Waals surface area contributed by atoms with Crippen LogP contribution in [-0.2, 0) is 11.3 Å². The van der Waals surface area contributed by atoms with Crippen molar-refractivity contribution in [2.75, 3.05) is 19.7 Å². The number of likely N-dealkylation sites (tertiary alicyclic amines) is 1. The molecule has 37 heavy (non-hydrogen) atoms. The van der Waals surface area contributed by atoms with Crippen LogP contribution >= 0.6 is 11.8 Å². The van der Waals surface area contributed by atoms with E-state index in [4.69, 9.17) is 15.1 Å². The Hall–Kier alpha value is -2.92. The van der Waals surface area contributed by atoms with Crippen molar-refractivity contribution in [3.05, 3.63) is 29.8 Å². The SMILES string of the molecule is CC(=N)/N=C(\NC(C)C)c1cn2c(n1)-c1cc(SC3CCN(C(C)(C)C(=O)O)CC3)c(F)cc1OCC2. The first-order valence-electron chi connectivity index (χ1n) is 12.6. The molecule has 2 aliphatic heterocycles. The number of rotatable bonds is 6. The number of nitrogens with one attached hydrogen (secondary N) is 2. The summed E-state index contributed by atoms with van der Waals surface area (Å²) in [6, 6.07) is 3.36. The van der Waals surface area contributed by atoms with E-state index in [1.54, 1.807) is 20.8 Å². The molecule has 0 spiro atoms. The maximum atomic E-state index is 15.2. The van der Waals surface area contributed by atoms with Crippen molar-refractivity contribution >= 4 is 29.4 Å². The minimum absolute atomic E-state index is 0.111. The highest BCUT2D eigenvalue weighted by atomic mass is 32.2. The number of hydrogen-bond acceptors (Lipinski definition) is 6. The van der Waals surface area contributed by atoms with Crippen molar-refractivity contribution < 1.29 is 19.0 Å². The van der Waals surface area contributed by atoms with Gasteiger partial charge in [-0.1, -0.05) is 0 Å². The summed E-state index contributed by atoms with van der Waals surface area (Å²) in [6.45, 7) is 11.3. The Morgan fingerprint density at radius 3 is 2.65 bits per heavy atom. The van der Waals surface area contributed by atoms with Gasteiger partial charge in [0.05, 0.1) is 12.1 Å². The number of halogens is 1. The fourth-order valence-electron chi connectivity index (χ4n) is 4.54. The first kappa shape index (κ1) is 27.1. The maximum absolute atomic E-state index is 15.2. The summed E-state index contributed by atoms with van der Waals surface area (Å²) in [5, 5.41) is 20.8. The van der Waals surface area contributed by atoms with Crippen LogP contribution in [0.2, 0.25) is 0 Å². The van der Waals surface area contributed by atoms with Crippen LogP contribution in [0.4, 0.5) is 4.39 Å². The van der Waals surface area contributed by atoms with Gasteiger partial charge in [0.1, 0.15) is 41.1 Å². The number of ether oxygens (including phenoxy) is 1. The lowest BCUT2D eigenvalue weighted by atomic mass is 9.99. The fraction of sp³-hybridized carbons (Fsp3) is 0.538. The molecule has 3 heterocycles. The van der Waals surface area contributed by atoms with Gasteiger partial charge >= 0.3 is 5.97 Å². The van der Waals surface area contributed by atoms with E-state index >= 15 is 4.39 Å². The van der Waals surface area contributed by atoms with Gasteiger partial charge in [-0.25, -0.2) is 14.4 Å². The van der Waals surface area contributed by atoms with E-state index in [1.807, 2.05) is 35.6 Å². The van der Waals surface area contributed by atoms with Crippen LogP contribution in [-0.4, -0.2) is 73.7 Å². The number of amidine groups is 2. The van der Waals surface area contributed by atoms with E-state index in [9.17, 15) is 9.90 Å². The van der Waals surface area contributed by atoms with Gasteiger partial charge in [-0.3, -0.25) is 15.1 Å². The van der Waals surface area contributed by atoms with Crippen molar-refractivity contribution in [2.24, 2.45) is 4.99 Å². The lowest BCUT2D eigenvalue weighted by molar-refractivity contribution is -0.149. The predicted molar refractivity (Wildman–Crippen MR) is 143 cm³/mol. The Bertz CT molecular complexity index is 1220. The van der Waals surface area contributed by atoms with E-state index < -0.39 is 11.5 Å². The molecule has 2 aromatic rings. The molecule has 0 aliphatic carbocycles. The topological polar surface area (TPSA) is 116 Å². The standard InChI is InChI=1S/C26H35FN6O3S/c1-15(2)29-23(30-16(3)28)20-14-32-10-11-36-21-13-19(27)22(12-18(21)24(32)31-20)37-17-6-8-33(9-7-17)26(4,5)25(34)35/h12-15,17H,6-11H2,1-5H3,(H,34,35)(H2,28,29,30). The van der Waals surface area contributed by atoms with Gasteiger partial charge in [-0.15, -0.1) is 11.8 Å². The summed E-state index contributed by atoms with van der Waals surface area (Å²) in [6.07, 6.45) is 3.44. The van der Waals surface area contributed by atoms with Crippen LogP contribution in [0.5, 0.6) is 5.75 Å². The molecule has 0 bridgehead atoms. The van der Waals surface area contributed by atoms with E-state index in [0.29, 0.717) is 59.8 Å². The Balaban J connectivity index is 1.60. The van der Waals surface area contributed by atoms with Crippen LogP contribution in [0.25, 0.3) is 11.4 Å². The van der Waals surface area contributed by atoms with E-state index in [0.717, 1.165) is 12.8 Å². The number of benzene rings is 1. The quantitative estimate of drug-likeness (QED) is 0.378. The molecule has 1 aromatic heterocycles. The second kappa shape index (κ2) is 10.8. The number of imidazole rings is 1. The van der Waals surface area contributed by atoms with Crippen molar-refractivity contribution in [3.63, 3.8) is 0 Å². The molecular weight excluding hydrogens is 495 g/mol. The van der Waals surface area contributed by atoms with Crippen LogP contribution in [0.3, 0.4) is 0 Å². The zero-order valence-electron chi connectivity index (χ0n) is 22.0. The number of fused-ring (bicyclic) bond motifs is 3. The molecule has 0 atom stereocenters. The highest BCUT2D eigenvalue weighted by Crippen LogP contribution is 2.40. The van der Waals surface area contributed by atoms with E-state index in [2.05, 4.69) is 10.3 Å². The van der Waals surface area contributed by atoms with Crippen molar-refractivity contribution in [2.45, 2.75) is 75.7 Å². The number of aliphatic imine (C=N–C) groups is 1. The average Bonchev–Trinajstić information content (AvgIpc) is 3.17. The third kappa shape index (κ3) is 5.98. The molecule has 3 N–H and O–H groups in total. The molecule has 0 radical (unpaired) electrons. The van der Waals surface area contributed by atoms with Gasteiger partial charge in [-0.2, -0.15) is 0 Å². The predicted octanol–water partition coefficient (Wildman–Crippen LogP) is 4.24. The average molecular weight is 531 g/mol. The maximum Gasteiger partial charge on any atom is 0.323 e. The minimum Gasteiger partial charge on any atom is -0.491 e. The summed E-state index contributed by atoms with van der Waals surface area (Å²) < 4.78 is 23.0. The molecule has 4 rings (SSSR count). The van der Waals surface area contributed by atoms with Crippen LogP contribution in [0.15, 0.2) is 28.2 Å². The lowest BCUT2D eigenvalue weighted by Gasteiger charge is -2.40. The number of nitrogens with zero attached hydrogens (tertiary/aromatic N) is 4. The third-order valence-electron chi connectivity index (χ3n) is 6.64. The fourth-order valence-corrected chi connectivity index (χ4v) is 5.70. The molecule has 11 heteroatoms. The van der Waals surface area contributed by atoms with Crippen molar-refractivity contribution in [1.29, 1.82) is 5.41 Å². The molecule has 0 unspecified atom stereocenters. The van der Waals surface area contributed by atoms with Gasteiger partial charge in [0.2, 0.25) is 0 Å². The number of thioether (sulfide) groups is 1. The van der Waals surface area contributed by atoms with E-state index in [1.165, 1.54) is 17.8 Å². The summed E-state index contributed by atoms with van der Waals surface area (Å²) in [5.74, 6) is 0.655. The minimum atomic E-state index is -0.917.